The van der Waals surface area contributed by atoms with Crippen molar-refractivity contribution in [3.63, 3.8) is 0 Å². The highest BCUT2D eigenvalue weighted by molar-refractivity contribution is 6.35. The molecule has 0 aromatic heterocycles. The Kier molecular flexibility index (Phi) is 6.28. The van der Waals surface area contributed by atoms with Crippen LogP contribution >= 0.6 is 11.6 Å². The molecule has 0 spiro atoms. The van der Waals surface area contributed by atoms with Crippen molar-refractivity contribution in [3.05, 3.63) is 64.2 Å². The number of anilines is 1. The lowest BCUT2D eigenvalue weighted by Crippen LogP contribution is -2.56. The number of aryl methyl sites for hydroxylation is 1. The molecule has 1 saturated carbocycles. The fraction of sp³-hybridized carbons (Fsp3) is 0.375. The number of carbonyl (C=O) groups is 3. The largest absolute Gasteiger partial charge is 0.330 e. The summed E-state index contributed by atoms with van der Waals surface area (Å²) in [5.74, 6) is -1.03. The van der Waals surface area contributed by atoms with Gasteiger partial charge in [0.05, 0.1) is 0 Å². The van der Waals surface area contributed by atoms with Gasteiger partial charge in [0.2, 0.25) is 0 Å². The van der Waals surface area contributed by atoms with Crippen molar-refractivity contribution in [3.8, 4) is 0 Å². The van der Waals surface area contributed by atoms with Crippen LogP contribution in [-0.4, -0.2) is 46.7 Å². The van der Waals surface area contributed by atoms with Crippen LogP contribution in [0, 0.1) is 6.92 Å². The van der Waals surface area contributed by atoms with E-state index in [-0.39, 0.29) is 17.9 Å². The number of rotatable bonds is 5. The zero-order chi connectivity index (χ0) is 22.0. The maximum atomic E-state index is 12.6. The van der Waals surface area contributed by atoms with Gasteiger partial charge in [0.15, 0.2) is 0 Å². The van der Waals surface area contributed by atoms with Gasteiger partial charge in [-0.25, -0.2) is 0 Å². The Hall–Kier alpha value is -2.86. The molecule has 4 rings (SSSR count). The zero-order valence-corrected chi connectivity index (χ0v) is 18.3. The number of amides is 3. The quantitative estimate of drug-likeness (QED) is 0.715. The van der Waals surface area contributed by atoms with E-state index in [4.69, 9.17) is 11.6 Å². The van der Waals surface area contributed by atoms with Gasteiger partial charge >= 0.3 is 11.8 Å². The zero-order valence-electron chi connectivity index (χ0n) is 17.6. The summed E-state index contributed by atoms with van der Waals surface area (Å²) >= 11 is 5.96. The number of nitrogens with zero attached hydrogens (tertiary/aromatic N) is 2. The van der Waals surface area contributed by atoms with E-state index in [1.165, 1.54) is 0 Å². The summed E-state index contributed by atoms with van der Waals surface area (Å²) in [6.07, 6.45) is 4.25. The van der Waals surface area contributed by atoms with E-state index in [0.717, 1.165) is 36.8 Å². The van der Waals surface area contributed by atoms with Gasteiger partial charge in [-0.1, -0.05) is 36.6 Å². The molecule has 1 heterocycles. The standard InChI is InChI=1S/C24H26ClN3O3/c1-16-14-19(25)10-11-21(16)26-22(29)18-8-6-17(7-9-18)15-27-12-13-28(24(31)23(27)30)20-4-2-3-5-20/h6-11,14,20H,2-5,12-13,15H2,1H3,(H,26,29). The number of nitrogens with one attached hydrogen (secondary N) is 1. The molecule has 2 aliphatic rings. The predicted octanol–water partition coefficient (Wildman–Crippen LogP) is 4.01. The van der Waals surface area contributed by atoms with Gasteiger partial charge in [-0.15, -0.1) is 0 Å². The van der Waals surface area contributed by atoms with Crippen molar-refractivity contribution in [1.82, 2.24) is 9.80 Å². The van der Waals surface area contributed by atoms with E-state index in [1.807, 2.05) is 19.1 Å². The summed E-state index contributed by atoms with van der Waals surface area (Å²) in [5, 5.41) is 3.51. The van der Waals surface area contributed by atoms with Crippen molar-refractivity contribution in [1.29, 1.82) is 0 Å². The summed E-state index contributed by atoms with van der Waals surface area (Å²) in [7, 11) is 0. The van der Waals surface area contributed by atoms with Crippen molar-refractivity contribution in [2.24, 2.45) is 0 Å². The number of halogens is 1. The number of benzene rings is 2. The molecule has 1 saturated heterocycles. The number of piperazine rings is 1. The van der Waals surface area contributed by atoms with E-state index in [2.05, 4.69) is 5.32 Å². The molecular formula is C24H26ClN3O3. The van der Waals surface area contributed by atoms with Gasteiger partial charge in [0.1, 0.15) is 0 Å². The van der Waals surface area contributed by atoms with Crippen LogP contribution < -0.4 is 5.32 Å². The molecule has 2 fully saturated rings. The van der Waals surface area contributed by atoms with Crippen LogP contribution in [0.15, 0.2) is 42.5 Å². The molecule has 2 aromatic rings. The third kappa shape index (κ3) is 4.74. The van der Waals surface area contributed by atoms with E-state index in [1.54, 1.807) is 40.1 Å². The second kappa shape index (κ2) is 9.10. The molecule has 1 aliphatic heterocycles. The van der Waals surface area contributed by atoms with E-state index >= 15 is 0 Å². The van der Waals surface area contributed by atoms with Crippen LogP contribution in [0.4, 0.5) is 5.69 Å². The minimum absolute atomic E-state index is 0.214. The van der Waals surface area contributed by atoms with Gasteiger partial charge in [-0.2, -0.15) is 0 Å². The number of hydrogen-bond donors (Lipinski definition) is 1. The Balaban J connectivity index is 1.36. The molecular weight excluding hydrogens is 414 g/mol. The molecule has 0 bridgehead atoms. The maximum Gasteiger partial charge on any atom is 0.312 e. The monoisotopic (exact) mass is 439 g/mol. The Morgan fingerprint density at radius 2 is 1.74 bits per heavy atom. The minimum Gasteiger partial charge on any atom is -0.330 e. The lowest BCUT2D eigenvalue weighted by atomic mass is 10.1. The van der Waals surface area contributed by atoms with E-state index in [9.17, 15) is 14.4 Å². The summed E-state index contributed by atoms with van der Waals surface area (Å²) in [6.45, 7) is 3.38. The Morgan fingerprint density at radius 1 is 1.03 bits per heavy atom. The summed E-state index contributed by atoms with van der Waals surface area (Å²) < 4.78 is 0. The molecule has 31 heavy (non-hydrogen) atoms. The second-order valence-corrected chi connectivity index (χ2v) is 8.71. The SMILES string of the molecule is Cc1cc(Cl)ccc1NC(=O)c1ccc(CN2CCN(C3CCCC3)C(=O)C2=O)cc1. The fourth-order valence-electron chi connectivity index (χ4n) is 4.35. The van der Waals surface area contributed by atoms with E-state index < -0.39 is 5.91 Å². The van der Waals surface area contributed by atoms with Crippen molar-refractivity contribution in [2.45, 2.75) is 45.2 Å². The molecule has 0 radical (unpaired) electrons. The molecule has 162 valence electrons. The summed E-state index contributed by atoms with van der Waals surface area (Å²) in [6, 6.07) is 12.6. The molecule has 6 nitrogen and oxygen atoms in total. The first-order valence-corrected chi connectivity index (χ1v) is 11.1. The third-order valence-electron chi connectivity index (χ3n) is 6.13. The fourth-order valence-corrected chi connectivity index (χ4v) is 4.58. The van der Waals surface area contributed by atoms with Crippen LogP contribution in [0.5, 0.6) is 0 Å². The predicted molar refractivity (Wildman–Crippen MR) is 120 cm³/mol. The van der Waals surface area contributed by atoms with Gasteiger partial charge in [-0.05, 0) is 61.2 Å². The number of hydrogen-bond acceptors (Lipinski definition) is 3. The summed E-state index contributed by atoms with van der Waals surface area (Å²) in [5.41, 5.74) is 3.00. The van der Waals surface area contributed by atoms with Gasteiger partial charge in [0, 0.05) is 41.9 Å². The van der Waals surface area contributed by atoms with Gasteiger partial charge in [-0.3, -0.25) is 14.4 Å². The lowest BCUT2D eigenvalue weighted by Gasteiger charge is -2.37. The molecule has 0 atom stereocenters. The van der Waals surface area contributed by atoms with Gasteiger partial charge < -0.3 is 15.1 Å². The summed E-state index contributed by atoms with van der Waals surface area (Å²) in [4.78, 5) is 41.1. The third-order valence-corrected chi connectivity index (χ3v) is 6.37. The van der Waals surface area contributed by atoms with Crippen LogP contribution in [0.2, 0.25) is 5.02 Å². The normalized spacial score (nSPS) is 17.4. The Labute approximate surface area is 187 Å². The average Bonchev–Trinajstić information content (AvgIpc) is 3.28. The molecule has 3 amide bonds. The van der Waals surface area contributed by atoms with Crippen LogP contribution in [-0.2, 0) is 16.1 Å². The van der Waals surface area contributed by atoms with Crippen LogP contribution in [0.25, 0.3) is 0 Å². The van der Waals surface area contributed by atoms with Crippen molar-refractivity contribution in [2.75, 3.05) is 18.4 Å². The van der Waals surface area contributed by atoms with Crippen LogP contribution in [0.1, 0.15) is 47.2 Å². The molecule has 1 aliphatic carbocycles. The van der Waals surface area contributed by atoms with Gasteiger partial charge in [0.25, 0.3) is 5.91 Å². The Morgan fingerprint density at radius 3 is 2.42 bits per heavy atom. The van der Waals surface area contributed by atoms with Crippen LogP contribution in [0.3, 0.4) is 0 Å². The highest BCUT2D eigenvalue weighted by atomic mass is 35.5. The molecule has 7 heteroatoms. The van der Waals surface area contributed by atoms with E-state index in [0.29, 0.717) is 35.9 Å². The first kappa shape index (κ1) is 21.4. The topological polar surface area (TPSA) is 69.7 Å². The lowest BCUT2D eigenvalue weighted by molar-refractivity contribution is -0.158. The molecule has 1 N–H and O–H groups in total. The smallest absolute Gasteiger partial charge is 0.312 e. The first-order chi connectivity index (χ1) is 14.9. The minimum atomic E-state index is -0.432. The Bertz CT molecular complexity index is 1000. The second-order valence-electron chi connectivity index (χ2n) is 8.27. The average molecular weight is 440 g/mol. The number of carbonyl (C=O) groups excluding carboxylic acids is 3. The maximum absolute atomic E-state index is 12.6. The van der Waals surface area contributed by atoms with Crippen molar-refractivity contribution >= 4 is 35.0 Å². The molecule has 2 aromatic carbocycles. The first-order valence-electron chi connectivity index (χ1n) is 10.7. The molecule has 0 unspecified atom stereocenters. The highest BCUT2D eigenvalue weighted by Gasteiger charge is 2.37. The van der Waals surface area contributed by atoms with Crippen molar-refractivity contribution < 1.29 is 14.4 Å². The highest BCUT2D eigenvalue weighted by Crippen LogP contribution is 2.26.